The van der Waals surface area contributed by atoms with E-state index in [0.717, 1.165) is 11.1 Å². The highest BCUT2D eigenvalue weighted by molar-refractivity contribution is 6.06. The van der Waals surface area contributed by atoms with E-state index in [1.54, 1.807) is 38.1 Å². The van der Waals surface area contributed by atoms with Gasteiger partial charge in [0.2, 0.25) is 0 Å². The maximum atomic E-state index is 12.2. The van der Waals surface area contributed by atoms with Crippen LogP contribution in [-0.4, -0.2) is 41.9 Å². The van der Waals surface area contributed by atoms with Crippen LogP contribution in [0.25, 0.3) is 11.1 Å². The monoisotopic (exact) mass is 422 g/mol. The van der Waals surface area contributed by atoms with E-state index in [1.165, 1.54) is 29.2 Å². The Morgan fingerprint density at radius 3 is 1.93 bits per heavy atom. The molecule has 1 N–H and O–H groups in total. The third kappa shape index (κ3) is 5.22. The van der Waals surface area contributed by atoms with Crippen LogP contribution >= 0.6 is 0 Å². The van der Waals surface area contributed by atoms with Gasteiger partial charge in [-0.1, -0.05) is 24.3 Å². The standard InChI is InChI=1S/C21H21F3N2O4/c1-20(2)18(27)26(19(28)25-20)12-3-13-29-16-8-4-14(5-9-16)15-6-10-17(11-7-15)30-21(22,23)24/h4-11H,3,12-13H2,1-2H3,(H,25,28). The Morgan fingerprint density at radius 2 is 1.47 bits per heavy atom. The lowest BCUT2D eigenvalue weighted by molar-refractivity contribution is -0.274. The Labute approximate surface area is 171 Å². The summed E-state index contributed by atoms with van der Waals surface area (Å²) in [4.78, 5) is 25.1. The maximum absolute atomic E-state index is 12.2. The Kier molecular flexibility index (Phi) is 5.91. The number of carbonyl (C=O) groups excluding carboxylic acids is 2. The van der Waals surface area contributed by atoms with E-state index in [4.69, 9.17) is 4.74 Å². The average molecular weight is 422 g/mol. The van der Waals surface area contributed by atoms with Gasteiger partial charge in [0.05, 0.1) is 6.61 Å². The summed E-state index contributed by atoms with van der Waals surface area (Å²) in [5.74, 6) is 0.0663. The molecule has 0 saturated carbocycles. The summed E-state index contributed by atoms with van der Waals surface area (Å²) in [6.45, 7) is 3.89. The minimum atomic E-state index is -4.72. The van der Waals surface area contributed by atoms with Crippen LogP contribution in [-0.2, 0) is 4.79 Å². The number of hydrogen-bond donors (Lipinski definition) is 1. The maximum Gasteiger partial charge on any atom is 0.573 e. The van der Waals surface area contributed by atoms with Gasteiger partial charge in [-0.3, -0.25) is 9.69 Å². The highest BCUT2D eigenvalue weighted by Crippen LogP contribution is 2.27. The Hall–Kier alpha value is -3.23. The number of benzene rings is 2. The third-order valence-electron chi connectivity index (χ3n) is 4.51. The van der Waals surface area contributed by atoms with Gasteiger partial charge in [0, 0.05) is 6.54 Å². The van der Waals surface area contributed by atoms with Crippen molar-refractivity contribution in [2.24, 2.45) is 0 Å². The van der Waals surface area contributed by atoms with Gasteiger partial charge < -0.3 is 14.8 Å². The molecule has 0 spiro atoms. The molecule has 1 aliphatic heterocycles. The molecular formula is C21H21F3N2O4. The molecule has 30 heavy (non-hydrogen) atoms. The largest absolute Gasteiger partial charge is 0.573 e. The summed E-state index contributed by atoms with van der Waals surface area (Å²) >= 11 is 0. The Bertz CT molecular complexity index is 909. The number of nitrogens with zero attached hydrogens (tertiary/aromatic N) is 1. The first kappa shape index (κ1) is 21.5. The molecule has 3 amide bonds. The molecule has 1 saturated heterocycles. The van der Waals surface area contributed by atoms with E-state index in [-0.39, 0.29) is 18.2 Å². The smallest absolute Gasteiger partial charge is 0.494 e. The van der Waals surface area contributed by atoms with Crippen molar-refractivity contribution in [1.82, 2.24) is 10.2 Å². The van der Waals surface area contributed by atoms with Crippen molar-refractivity contribution in [3.8, 4) is 22.6 Å². The number of carbonyl (C=O) groups is 2. The van der Waals surface area contributed by atoms with Gasteiger partial charge in [0.1, 0.15) is 17.0 Å². The second-order valence-electron chi connectivity index (χ2n) is 7.31. The molecule has 0 bridgehead atoms. The lowest BCUT2D eigenvalue weighted by atomic mass is 10.1. The molecule has 0 radical (unpaired) electrons. The zero-order valence-corrected chi connectivity index (χ0v) is 16.5. The summed E-state index contributed by atoms with van der Waals surface area (Å²) in [6.07, 6.45) is -4.24. The molecule has 6 nitrogen and oxygen atoms in total. The van der Waals surface area contributed by atoms with Crippen LogP contribution in [0.4, 0.5) is 18.0 Å². The number of hydrogen-bond acceptors (Lipinski definition) is 4. The van der Waals surface area contributed by atoms with Crippen molar-refractivity contribution >= 4 is 11.9 Å². The molecule has 160 valence electrons. The molecule has 0 unspecified atom stereocenters. The van der Waals surface area contributed by atoms with Crippen molar-refractivity contribution in [2.45, 2.75) is 32.2 Å². The quantitative estimate of drug-likeness (QED) is 0.532. The van der Waals surface area contributed by atoms with Crippen LogP contribution < -0.4 is 14.8 Å². The van der Waals surface area contributed by atoms with E-state index in [0.29, 0.717) is 18.8 Å². The van der Waals surface area contributed by atoms with Gasteiger partial charge >= 0.3 is 12.4 Å². The van der Waals surface area contributed by atoms with Crippen LogP contribution in [0.5, 0.6) is 11.5 Å². The summed E-state index contributed by atoms with van der Waals surface area (Å²) in [6, 6.07) is 12.2. The van der Waals surface area contributed by atoms with Gasteiger partial charge in [-0.15, -0.1) is 13.2 Å². The molecule has 1 fully saturated rings. The van der Waals surface area contributed by atoms with Crippen LogP contribution in [0.1, 0.15) is 20.3 Å². The second-order valence-corrected chi connectivity index (χ2v) is 7.31. The fraction of sp³-hybridized carbons (Fsp3) is 0.333. The van der Waals surface area contributed by atoms with Gasteiger partial charge in [-0.25, -0.2) is 4.79 Å². The van der Waals surface area contributed by atoms with E-state index in [2.05, 4.69) is 10.1 Å². The minimum Gasteiger partial charge on any atom is -0.494 e. The van der Waals surface area contributed by atoms with Crippen LogP contribution in [0, 0.1) is 0 Å². The average Bonchev–Trinajstić information content (AvgIpc) is 2.86. The van der Waals surface area contributed by atoms with Gasteiger partial charge in [-0.2, -0.15) is 0 Å². The lowest BCUT2D eigenvalue weighted by Crippen LogP contribution is -2.40. The molecular weight excluding hydrogens is 401 g/mol. The number of amides is 3. The summed E-state index contributed by atoms with van der Waals surface area (Å²) in [7, 11) is 0. The van der Waals surface area contributed by atoms with Gasteiger partial charge in [0.15, 0.2) is 0 Å². The Morgan fingerprint density at radius 1 is 0.933 bits per heavy atom. The Balaban J connectivity index is 1.49. The number of alkyl halides is 3. The molecule has 1 heterocycles. The van der Waals surface area contributed by atoms with E-state index in [1.807, 2.05) is 0 Å². The van der Waals surface area contributed by atoms with Crippen LogP contribution in [0.3, 0.4) is 0 Å². The van der Waals surface area contributed by atoms with E-state index in [9.17, 15) is 22.8 Å². The van der Waals surface area contributed by atoms with Crippen molar-refractivity contribution in [2.75, 3.05) is 13.2 Å². The van der Waals surface area contributed by atoms with E-state index >= 15 is 0 Å². The molecule has 0 aromatic heterocycles. The first-order valence-electron chi connectivity index (χ1n) is 9.28. The first-order valence-corrected chi connectivity index (χ1v) is 9.28. The van der Waals surface area contributed by atoms with Crippen molar-refractivity contribution in [1.29, 1.82) is 0 Å². The molecule has 0 aliphatic carbocycles. The first-order chi connectivity index (χ1) is 14.0. The highest BCUT2D eigenvalue weighted by atomic mass is 19.4. The van der Waals surface area contributed by atoms with Crippen LogP contribution in [0.2, 0.25) is 0 Å². The van der Waals surface area contributed by atoms with Crippen molar-refractivity contribution in [3.63, 3.8) is 0 Å². The molecule has 1 aliphatic rings. The highest BCUT2D eigenvalue weighted by Gasteiger charge is 2.43. The van der Waals surface area contributed by atoms with Gasteiger partial charge in [0.25, 0.3) is 5.91 Å². The molecule has 2 aromatic carbocycles. The van der Waals surface area contributed by atoms with Crippen LogP contribution in [0.15, 0.2) is 48.5 Å². The lowest BCUT2D eigenvalue weighted by Gasteiger charge is -2.16. The SMILES string of the molecule is CC1(C)NC(=O)N(CCCOc2ccc(-c3ccc(OC(F)(F)F)cc3)cc2)C1=O. The number of ether oxygens (including phenoxy) is 2. The number of halogens is 3. The number of rotatable bonds is 7. The van der Waals surface area contributed by atoms with E-state index < -0.39 is 17.9 Å². The summed E-state index contributed by atoms with van der Waals surface area (Å²) < 4.78 is 46.2. The third-order valence-corrected chi connectivity index (χ3v) is 4.51. The summed E-state index contributed by atoms with van der Waals surface area (Å²) in [5.41, 5.74) is 0.657. The predicted molar refractivity (Wildman–Crippen MR) is 103 cm³/mol. The fourth-order valence-corrected chi connectivity index (χ4v) is 3.03. The van der Waals surface area contributed by atoms with Crippen molar-refractivity contribution < 1.29 is 32.2 Å². The number of nitrogens with one attached hydrogen (secondary N) is 1. The minimum absolute atomic E-state index is 0.261. The van der Waals surface area contributed by atoms with Crippen molar-refractivity contribution in [3.05, 3.63) is 48.5 Å². The molecule has 3 rings (SSSR count). The molecule has 2 aromatic rings. The predicted octanol–water partition coefficient (Wildman–Crippen LogP) is 4.35. The summed E-state index contributed by atoms with van der Waals surface area (Å²) in [5, 5.41) is 2.62. The zero-order valence-electron chi connectivity index (χ0n) is 16.5. The number of urea groups is 1. The normalized spacial score (nSPS) is 15.8. The molecule has 9 heteroatoms. The number of imide groups is 1. The van der Waals surface area contributed by atoms with Gasteiger partial charge in [-0.05, 0) is 55.7 Å². The fourth-order valence-electron chi connectivity index (χ4n) is 3.03. The zero-order chi connectivity index (χ0) is 21.9. The topological polar surface area (TPSA) is 67.9 Å². The molecule has 0 atom stereocenters. The second kappa shape index (κ2) is 8.25.